The lowest BCUT2D eigenvalue weighted by Gasteiger charge is -2.20. The highest BCUT2D eigenvalue weighted by atomic mass is 79.9. The summed E-state index contributed by atoms with van der Waals surface area (Å²) in [4.78, 5) is 23.0. The molecule has 1 amide bonds. The molecule has 2 N–H and O–H groups in total. The van der Waals surface area contributed by atoms with E-state index in [0.29, 0.717) is 5.75 Å². The maximum absolute atomic E-state index is 12.1. The van der Waals surface area contributed by atoms with Gasteiger partial charge in [-0.05, 0) is 40.5 Å². The zero-order valence-corrected chi connectivity index (χ0v) is 14.1. The van der Waals surface area contributed by atoms with Crippen molar-refractivity contribution in [2.75, 3.05) is 7.11 Å². The first-order valence-corrected chi connectivity index (χ1v) is 7.43. The summed E-state index contributed by atoms with van der Waals surface area (Å²) in [5.41, 5.74) is 0.909. The molecule has 1 aromatic rings. The van der Waals surface area contributed by atoms with Gasteiger partial charge < -0.3 is 15.2 Å². The predicted molar refractivity (Wildman–Crippen MR) is 83.2 cm³/mol. The molecule has 3 unspecified atom stereocenters. The zero-order chi connectivity index (χ0) is 16.2. The van der Waals surface area contributed by atoms with Crippen molar-refractivity contribution in [2.45, 2.75) is 26.8 Å². The predicted octanol–water partition coefficient (Wildman–Crippen LogP) is 2.99. The van der Waals surface area contributed by atoms with E-state index in [4.69, 9.17) is 9.84 Å². The Kier molecular flexibility index (Phi) is 6.20. The number of carboxylic acids is 1. The van der Waals surface area contributed by atoms with E-state index in [1.807, 2.05) is 25.1 Å². The van der Waals surface area contributed by atoms with Gasteiger partial charge in [0.05, 0.1) is 23.5 Å². The third-order valence-electron chi connectivity index (χ3n) is 3.59. The lowest BCUT2D eigenvalue weighted by Crippen LogP contribution is -2.36. The van der Waals surface area contributed by atoms with Crippen LogP contribution in [0.5, 0.6) is 5.75 Å². The number of carbonyl (C=O) groups excluding carboxylic acids is 1. The van der Waals surface area contributed by atoms with E-state index < -0.39 is 17.8 Å². The van der Waals surface area contributed by atoms with Crippen LogP contribution in [0.3, 0.4) is 0 Å². The smallest absolute Gasteiger partial charge is 0.307 e. The molecule has 0 aliphatic heterocycles. The molecular formula is C15H20BrNO4. The number of ether oxygens (including phenoxy) is 1. The Morgan fingerprint density at radius 2 is 1.86 bits per heavy atom. The zero-order valence-electron chi connectivity index (χ0n) is 12.5. The molecule has 21 heavy (non-hydrogen) atoms. The molecule has 0 spiro atoms. The maximum Gasteiger partial charge on any atom is 0.307 e. The molecule has 0 aliphatic carbocycles. The number of halogens is 1. The van der Waals surface area contributed by atoms with Crippen LogP contribution in [-0.4, -0.2) is 24.1 Å². The Morgan fingerprint density at radius 1 is 1.24 bits per heavy atom. The second-order valence-electron chi connectivity index (χ2n) is 5.04. The van der Waals surface area contributed by atoms with Gasteiger partial charge in [0.1, 0.15) is 5.75 Å². The van der Waals surface area contributed by atoms with Gasteiger partial charge in [0.25, 0.3) is 0 Å². The van der Waals surface area contributed by atoms with E-state index >= 15 is 0 Å². The highest BCUT2D eigenvalue weighted by Crippen LogP contribution is 2.28. The second kappa shape index (κ2) is 7.45. The van der Waals surface area contributed by atoms with E-state index in [1.54, 1.807) is 14.0 Å². The number of carboxylic acid groups (broad SMARTS) is 1. The quantitative estimate of drug-likeness (QED) is 0.820. The van der Waals surface area contributed by atoms with Crippen molar-refractivity contribution < 1.29 is 19.4 Å². The Bertz CT molecular complexity index is 532. The Labute approximate surface area is 132 Å². The van der Waals surface area contributed by atoms with Gasteiger partial charge in [0, 0.05) is 5.92 Å². The number of hydrogen-bond donors (Lipinski definition) is 2. The van der Waals surface area contributed by atoms with Gasteiger partial charge in [-0.1, -0.05) is 19.9 Å². The van der Waals surface area contributed by atoms with Gasteiger partial charge in [-0.25, -0.2) is 0 Å². The summed E-state index contributed by atoms with van der Waals surface area (Å²) in [6, 6.07) is 5.32. The van der Waals surface area contributed by atoms with E-state index in [0.717, 1.165) is 10.0 Å². The van der Waals surface area contributed by atoms with Crippen molar-refractivity contribution in [1.82, 2.24) is 5.32 Å². The topological polar surface area (TPSA) is 75.6 Å². The van der Waals surface area contributed by atoms with Gasteiger partial charge in [0.15, 0.2) is 0 Å². The molecule has 5 nitrogen and oxygen atoms in total. The molecular weight excluding hydrogens is 338 g/mol. The standard InChI is InChI=1S/C15H20BrNO4/c1-8(9(2)15(19)20)14(18)17-10(3)11-5-6-13(21-4)12(16)7-11/h5-10H,1-4H3,(H,17,18)(H,19,20). The summed E-state index contributed by atoms with van der Waals surface area (Å²) in [6.07, 6.45) is 0. The number of hydrogen-bond acceptors (Lipinski definition) is 3. The third kappa shape index (κ3) is 4.46. The van der Waals surface area contributed by atoms with Crippen LogP contribution in [0, 0.1) is 11.8 Å². The largest absolute Gasteiger partial charge is 0.496 e. The average Bonchev–Trinajstić information content (AvgIpc) is 2.45. The van der Waals surface area contributed by atoms with Crippen LogP contribution in [0.15, 0.2) is 22.7 Å². The Balaban J connectivity index is 2.76. The van der Waals surface area contributed by atoms with Crippen molar-refractivity contribution >= 4 is 27.8 Å². The van der Waals surface area contributed by atoms with Gasteiger partial charge in [-0.2, -0.15) is 0 Å². The number of carbonyl (C=O) groups is 2. The molecule has 1 rings (SSSR count). The van der Waals surface area contributed by atoms with Crippen molar-refractivity contribution in [3.8, 4) is 5.75 Å². The van der Waals surface area contributed by atoms with E-state index in [9.17, 15) is 9.59 Å². The third-order valence-corrected chi connectivity index (χ3v) is 4.21. The highest BCUT2D eigenvalue weighted by molar-refractivity contribution is 9.10. The van der Waals surface area contributed by atoms with Crippen LogP contribution in [0.25, 0.3) is 0 Å². The maximum atomic E-state index is 12.1. The highest BCUT2D eigenvalue weighted by Gasteiger charge is 2.26. The molecule has 3 atom stereocenters. The van der Waals surface area contributed by atoms with Gasteiger partial charge in [-0.15, -0.1) is 0 Å². The van der Waals surface area contributed by atoms with Crippen LogP contribution in [0.2, 0.25) is 0 Å². The first-order valence-electron chi connectivity index (χ1n) is 6.64. The summed E-state index contributed by atoms with van der Waals surface area (Å²) in [7, 11) is 1.58. The normalized spacial score (nSPS) is 14.9. The van der Waals surface area contributed by atoms with Crippen molar-refractivity contribution in [3.63, 3.8) is 0 Å². The molecule has 116 valence electrons. The van der Waals surface area contributed by atoms with Crippen LogP contribution in [0.1, 0.15) is 32.4 Å². The van der Waals surface area contributed by atoms with Crippen LogP contribution in [0.4, 0.5) is 0 Å². The average molecular weight is 358 g/mol. The number of nitrogens with one attached hydrogen (secondary N) is 1. The molecule has 0 heterocycles. The summed E-state index contributed by atoms with van der Waals surface area (Å²) in [5.74, 6) is -1.85. The number of benzene rings is 1. The summed E-state index contributed by atoms with van der Waals surface area (Å²) in [6.45, 7) is 5.00. The molecule has 0 saturated carbocycles. The second-order valence-corrected chi connectivity index (χ2v) is 5.89. The number of methoxy groups -OCH3 is 1. The Morgan fingerprint density at radius 3 is 2.33 bits per heavy atom. The molecule has 0 saturated heterocycles. The van der Waals surface area contributed by atoms with Crippen molar-refractivity contribution in [3.05, 3.63) is 28.2 Å². The fourth-order valence-electron chi connectivity index (χ4n) is 1.82. The van der Waals surface area contributed by atoms with Crippen LogP contribution in [-0.2, 0) is 9.59 Å². The molecule has 0 aromatic heterocycles. The lowest BCUT2D eigenvalue weighted by atomic mass is 9.94. The van der Waals surface area contributed by atoms with Crippen LogP contribution < -0.4 is 10.1 Å². The first kappa shape index (κ1) is 17.5. The molecule has 0 bridgehead atoms. The Hall–Kier alpha value is -1.56. The SMILES string of the molecule is COc1ccc(C(C)NC(=O)C(C)C(C)C(=O)O)cc1Br. The molecule has 0 radical (unpaired) electrons. The fraction of sp³-hybridized carbons (Fsp3) is 0.467. The van der Waals surface area contributed by atoms with Crippen molar-refractivity contribution in [1.29, 1.82) is 0 Å². The lowest BCUT2D eigenvalue weighted by molar-refractivity contribution is -0.146. The minimum atomic E-state index is -0.975. The number of rotatable bonds is 6. The molecule has 0 aliphatic rings. The first-order chi connectivity index (χ1) is 9.77. The summed E-state index contributed by atoms with van der Waals surface area (Å²) >= 11 is 3.40. The minimum Gasteiger partial charge on any atom is -0.496 e. The summed E-state index contributed by atoms with van der Waals surface area (Å²) < 4.78 is 5.96. The van der Waals surface area contributed by atoms with Crippen molar-refractivity contribution in [2.24, 2.45) is 11.8 Å². The number of amides is 1. The monoisotopic (exact) mass is 357 g/mol. The van der Waals surface area contributed by atoms with Gasteiger partial charge >= 0.3 is 5.97 Å². The van der Waals surface area contributed by atoms with E-state index in [2.05, 4.69) is 21.2 Å². The van der Waals surface area contributed by atoms with Gasteiger partial charge in [0.2, 0.25) is 5.91 Å². The van der Waals surface area contributed by atoms with E-state index in [-0.39, 0.29) is 11.9 Å². The molecule has 6 heteroatoms. The van der Waals surface area contributed by atoms with Crippen LogP contribution >= 0.6 is 15.9 Å². The van der Waals surface area contributed by atoms with E-state index in [1.165, 1.54) is 6.92 Å². The minimum absolute atomic E-state index is 0.219. The molecule has 0 fully saturated rings. The summed E-state index contributed by atoms with van der Waals surface area (Å²) in [5, 5.41) is 11.8. The fourth-order valence-corrected chi connectivity index (χ4v) is 2.38. The number of aliphatic carboxylic acids is 1. The molecule has 1 aromatic carbocycles. The van der Waals surface area contributed by atoms with Gasteiger partial charge in [-0.3, -0.25) is 9.59 Å².